The lowest BCUT2D eigenvalue weighted by molar-refractivity contribution is -0.384. The lowest BCUT2D eigenvalue weighted by Gasteiger charge is -2.34. The molecule has 5 nitrogen and oxygen atoms in total. The van der Waals surface area contributed by atoms with Crippen LogP contribution in [0.1, 0.15) is 38.7 Å². The van der Waals surface area contributed by atoms with Crippen LogP contribution in [-0.2, 0) is 0 Å². The van der Waals surface area contributed by atoms with Gasteiger partial charge in [0.1, 0.15) is 5.69 Å². The first-order chi connectivity index (χ1) is 9.99. The third-order valence-corrected chi connectivity index (χ3v) is 4.09. The largest absolute Gasteiger partial charge is 0.362 e. The van der Waals surface area contributed by atoms with Gasteiger partial charge in [-0.15, -0.1) is 0 Å². The van der Waals surface area contributed by atoms with Gasteiger partial charge in [-0.2, -0.15) is 0 Å². The third-order valence-electron chi connectivity index (χ3n) is 4.09. The van der Waals surface area contributed by atoms with Crippen LogP contribution in [0.15, 0.2) is 18.2 Å². The number of nitrogens with zero attached hydrogens (tertiary/aromatic N) is 2. The fraction of sp³-hybridized carbons (Fsp3) is 0.625. The Hall–Kier alpha value is -1.62. The van der Waals surface area contributed by atoms with E-state index in [1.165, 1.54) is 12.8 Å². The fourth-order valence-corrected chi connectivity index (χ4v) is 2.93. The summed E-state index contributed by atoms with van der Waals surface area (Å²) in [4.78, 5) is 13.2. The van der Waals surface area contributed by atoms with Crippen LogP contribution in [0.25, 0.3) is 0 Å². The van der Waals surface area contributed by atoms with Crippen LogP contribution in [0.3, 0.4) is 0 Å². The summed E-state index contributed by atoms with van der Waals surface area (Å²) in [6.45, 7) is 7.94. The number of hydrogen-bond acceptors (Lipinski definition) is 4. The zero-order chi connectivity index (χ0) is 15.4. The Kier molecular flexibility index (Phi) is 5.17. The van der Waals surface area contributed by atoms with Crippen LogP contribution in [0.5, 0.6) is 0 Å². The zero-order valence-corrected chi connectivity index (χ0v) is 13.1. The quantitative estimate of drug-likeness (QED) is 0.668. The molecule has 2 rings (SSSR count). The number of nitrogens with one attached hydrogen (secondary N) is 1. The van der Waals surface area contributed by atoms with Crippen molar-refractivity contribution in [1.82, 2.24) is 5.32 Å². The summed E-state index contributed by atoms with van der Waals surface area (Å²) in [5.41, 5.74) is 1.86. The Labute approximate surface area is 126 Å². The smallest absolute Gasteiger partial charge is 0.292 e. The minimum absolute atomic E-state index is 0.208. The van der Waals surface area contributed by atoms with E-state index in [2.05, 4.69) is 24.1 Å². The molecular formula is C16H25N3O2. The van der Waals surface area contributed by atoms with Crippen molar-refractivity contribution >= 4 is 11.4 Å². The molecule has 21 heavy (non-hydrogen) atoms. The minimum atomic E-state index is -0.272. The first-order valence-corrected chi connectivity index (χ1v) is 7.74. The normalized spacial score (nSPS) is 18.8. The van der Waals surface area contributed by atoms with Crippen LogP contribution in [0.2, 0.25) is 0 Å². The number of anilines is 1. The lowest BCUT2D eigenvalue weighted by Crippen LogP contribution is -2.46. The van der Waals surface area contributed by atoms with E-state index in [0.29, 0.717) is 6.04 Å². The number of nitro groups is 1. The van der Waals surface area contributed by atoms with Crippen molar-refractivity contribution in [3.8, 4) is 0 Å². The average Bonchev–Trinajstić information content (AvgIpc) is 2.46. The van der Waals surface area contributed by atoms with Crippen molar-refractivity contribution in [2.24, 2.45) is 0 Å². The first kappa shape index (κ1) is 15.8. The highest BCUT2D eigenvalue weighted by Gasteiger charge is 2.24. The standard InChI is InChI=1S/C16H25N3O2/c1-12(2)18(11-14-6-4-5-9-17-14)15-8-7-13(3)10-16(15)19(20)21/h7-8,10,12,14,17H,4-6,9,11H2,1-3H3. The van der Waals surface area contributed by atoms with Gasteiger partial charge in [0.2, 0.25) is 0 Å². The predicted molar refractivity (Wildman–Crippen MR) is 86.0 cm³/mol. The van der Waals surface area contributed by atoms with Crippen LogP contribution in [0, 0.1) is 17.0 Å². The molecule has 0 radical (unpaired) electrons. The number of aryl methyl sites for hydroxylation is 1. The molecule has 1 N–H and O–H groups in total. The van der Waals surface area contributed by atoms with Gasteiger partial charge in [0.05, 0.1) is 4.92 Å². The highest BCUT2D eigenvalue weighted by Crippen LogP contribution is 2.31. The molecule has 0 saturated carbocycles. The highest BCUT2D eigenvalue weighted by atomic mass is 16.6. The topological polar surface area (TPSA) is 58.4 Å². The molecule has 1 aromatic carbocycles. The summed E-state index contributed by atoms with van der Waals surface area (Å²) in [6.07, 6.45) is 3.60. The summed E-state index contributed by atoms with van der Waals surface area (Å²) in [5, 5.41) is 14.9. The molecule has 1 fully saturated rings. The highest BCUT2D eigenvalue weighted by molar-refractivity contribution is 5.64. The lowest BCUT2D eigenvalue weighted by atomic mass is 10.0. The van der Waals surface area contributed by atoms with Crippen molar-refractivity contribution in [2.45, 2.75) is 52.1 Å². The molecule has 1 aromatic rings. The molecule has 1 saturated heterocycles. The molecule has 5 heteroatoms. The summed E-state index contributed by atoms with van der Waals surface area (Å²) in [5.74, 6) is 0. The second-order valence-corrected chi connectivity index (χ2v) is 6.14. The predicted octanol–water partition coefficient (Wildman–Crippen LogP) is 3.26. The molecule has 1 heterocycles. The Morgan fingerprint density at radius 1 is 1.43 bits per heavy atom. The van der Waals surface area contributed by atoms with Crippen molar-refractivity contribution in [1.29, 1.82) is 0 Å². The zero-order valence-electron chi connectivity index (χ0n) is 13.1. The maximum atomic E-state index is 11.4. The monoisotopic (exact) mass is 291 g/mol. The van der Waals surface area contributed by atoms with Gasteiger partial charge in [-0.1, -0.05) is 12.5 Å². The molecule has 116 valence electrons. The SMILES string of the molecule is Cc1ccc(N(CC2CCCCN2)C(C)C)c([N+](=O)[O-])c1. The molecule has 1 aliphatic rings. The van der Waals surface area contributed by atoms with Crippen LogP contribution >= 0.6 is 0 Å². The van der Waals surface area contributed by atoms with E-state index < -0.39 is 0 Å². The average molecular weight is 291 g/mol. The Morgan fingerprint density at radius 2 is 2.19 bits per heavy atom. The number of nitro benzene ring substituents is 1. The van der Waals surface area contributed by atoms with Crippen LogP contribution < -0.4 is 10.2 Å². The van der Waals surface area contributed by atoms with Gasteiger partial charge in [0, 0.05) is 24.7 Å². The Bertz CT molecular complexity index is 496. The Balaban J connectivity index is 2.27. The van der Waals surface area contributed by atoms with Crippen molar-refractivity contribution in [2.75, 3.05) is 18.0 Å². The van der Waals surface area contributed by atoms with Gasteiger partial charge in [0.15, 0.2) is 0 Å². The molecule has 1 unspecified atom stereocenters. The molecule has 0 amide bonds. The second-order valence-electron chi connectivity index (χ2n) is 6.14. The number of rotatable bonds is 5. The Morgan fingerprint density at radius 3 is 2.76 bits per heavy atom. The summed E-state index contributed by atoms with van der Waals surface area (Å²) in [6, 6.07) is 6.15. The van der Waals surface area contributed by atoms with Gasteiger partial charge < -0.3 is 10.2 Å². The van der Waals surface area contributed by atoms with Gasteiger partial charge in [0.25, 0.3) is 5.69 Å². The number of hydrogen-bond donors (Lipinski definition) is 1. The van der Waals surface area contributed by atoms with E-state index in [0.717, 1.165) is 30.8 Å². The van der Waals surface area contributed by atoms with E-state index in [1.807, 2.05) is 19.1 Å². The summed E-state index contributed by atoms with van der Waals surface area (Å²) >= 11 is 0. The summed E-state index contributed by atoms with van der Waals surface area (Å²) < 4.78 is 0. The van der Waals surface area contributed by atoms with Crippen molar-refractivity contribution < 1.29 is 4.92 Å². The molecule has 1 aliphatic heterocycles. The van der Waals surface area contributed by atoms with Crippen LogP contribution in [0.4, 0.5) is 11.4 Å². The maximum absolute atomic E-state index is 11.4. The van der Waals surface area contributed by atoms with E-state index in [4.69, 9.17) is 0 Å². The van der Waals surface area contributed by atoms with Crippen molar-refractivity contribution in [3.63, 3.8) is 0 Å². The fourth-order valence-electron chi connectivity index (χ4n) is 2.93. The van der Waals surface area contributed by atoms with Gasteiger partial charge >= 0.3 is 0 Å². The van der Waals surface area contributed by atoms with E-state index in [1.54, 1.807) is 6.07 Å². The van der Waals surface area contributed by atoms with Crippen LogP contribution in [-0.4, -0.2) is 30.1 Å². The molecule has 0 aliphatic carbocycles. The van der Waals surface area contributed by atoms with E-state index in [-0.39, 0.29) is 16.7 Å². The first-order valence-electron chi connectivity index (χ1n) is 7.74. The van der Waals surface area contributed by atoms with E-state index in [9.17, 15) is 10.1 Å². The molecular weight excluding hydrogens is 266 g/mol. The molecule has 1 atom stereocenters. The molecule has 0 bridgehead atoms. The van der Waals surface area contributed by atoms with Gasteiger partial charge in [-0.25, -0.2) is 0 Å². The minimum Gasteiger partial charge on any atom is -0.362 e. The van der Waals surface area contributed by atoms with Crippen molar-refractivity contribution in [3.05, 3.63) is 33.9 Å². The van der Waals surface area contributed by atoms with Gasteiger partial charge in [-0.3, -0.25) is 10.1 Å². The molecule has 0 aromatic heterocycles. The maximum Gasteiger partial charge on any atom is 0.292 e. The second kappa shape index (κ2) is 6.89. The summed E-state index contributed by atoms with van der Waals surface area (Å²) in [7, 11) is 0. The number of benzene rings is 1. The van der Waals surface area contributed by atoms with E-state index >= 15 is 0 Å². The third kappa shape index (κ3) is 3.94. The van der Waals surface area contributed by atoms with Gasteiger partial charge in [-0.05, 0) is 51.8 Å². The molecule has 0 spiro atoms. The number of piperidine rings is 1.